The van der Waals surface area contributed by atoms with E-state index in [0.717, 1.165) is 11.6 Å². The Bertz CT molecular complexity index is 960. The van der Waals surface area contributed by atoms with E-state index in [4.69, 9.17) is 10.2 Å². The zero-order chi connectivity index (χ0) is 21.4. The molecule has 0 aliphatic carbocycles. The number of rotatable bonds is 5. The molecule has 3 rings (SSSR count). The summed E-state index contributed by atoms with van der Waals surface area (Å²) >= 11 is 0. The maximum atomic E-state index is 11.4. The number of hydrogen-bond acceptors (Lipinski definition) is 7. The number of nitro groups is 1. The molecule has 1 amide bonds. The smallest absolute Gasteiger partial charge is 0.335 e. The highest BCUT2D eigenvalue weighted by molar-refractivity contribution is 5.98. The summed E-state index contributed by atoms with van der Waals surface area (Å²) in [4.78, 5) is 35.9. The van der Waals surface area contributed by atoms with Crippen LogP contribution in [-0.2, 0) is 9.59 Å². The number of carboxylic acids is 1. The van der Waals surface area contributed by atoms with Gasteiger partial charge in [-0.1, -0.05) is 36.4 Å². The van der Waals surface area contributed by atoms with Gasteiger partial charge in [-0.3, -0.25) is 19.9 Å². The van der Waals surface area contributed by atoms with Crippen molar-refractivity contribution in [3.63, 3.8) is 0 Å². The number of aromatic nitrogens is 1. The fourth-order valence-electron chi connectivity index (χ4n) is 2.24. The molecule has 4 N–H and O–H groups in total. The summed E-state index contributed by atoms with van der Waals surface area (Å²) in [5.74, 6) is -3.05. The number of nitrogens with one attached hydrogen (secondary N) is 1. The van der Waals surface area contributed by atoms with Crippen molar-refractivity contribution in [1.29, 1.82) is 0 Å². The van der Waals surface area contributed by atoms with Gasteiger partial charge >= 0.3 is 5.97 Å². The number of aliphatic carboxylic acids is 1. The number of carbonyl (C=O) groups is 2. The molecule has 2 aromatic carbocycles. The number of nitro benzene ring substituents is 1. The van der Waals surface area contributed by atoms with Crippen LogP contribution < -0.4 is 5.32 Å². The highest BCUT2D eigenvalue weighted by atomic mass is 16.6. The summed E-state index contributed by atoms with van der Waals surface area (Å²) in [7, 11) is 0. The minimum absolute atomic E-state index is 0.214. The van der Waals surface area contributed by atoms with Crippen LogP contribution in [0.25, 0.3) is 10.9 Å². The van der Waals surface area contributed by atoms with Crippen LogP contribution in [0, 0.1) is 10.1 Å². The van der Waals surface area contributed by atoms with E-state index in [2.05, 4.69) is 17.1 Å². The fourth-order valence-corrected chi connectivity index (χ4v) is 2.24. The molecule has 1 heterocycles. The van der Waals surface area contributed by atoms with E-state index in [1.807, 2.05) is 35.8 Å². The third kappa shape index (κ3) is 5.79. The van der Waals surface area contributed by atoms with Crippen molar-refractivity contribution in [2.45, 2.75) is 12.2 Å². The maximum Gasteiger partial charge on any atom is 0.335 e. The summed E-state index contributed by atoms with van der Waals surface area (Å²) in [5, 5.41) is 40.5. The van der Waals surface area contributed by atoms with E-state index in [0.29, 0.717) is 0 Å². The van der Waals surface area contributed by atoms with E-state index in [-0.39, 0.29) is 5.69 Å². The van der Waals surface area contributed by atoms with Crippen molar-refractivity contribution in [3.8, 4) is 0 Å². The summed E-state index contributed by atoms with van der Waals surface area (Å²) in [5.41, 5.74) is 0.423. The lowest BCUT2D eigenvalue weighted by atomic mass is 10.2. The predicted molar refractivity (Wildman–Crippen MR) is 103 cm³/mol. The first-order chi connectivity index (χ1) is 13.8. The molecule has 10 heteroatoms. The largest absolute Gasteiger partial charge is 0.479 e. The first-order valence-corrected chi connectivity index (χ1v) is 8.24. The lowest BCUT2D eigenvalue weighted by Gasteiger charge is -2.13. The van der Waals surface area contributed by atoms with Gasteiger partial charge in [0.25, 0.3) is 11.6 Å². The molecule has 1 aromatic heterocycles. The van der Waals surface area contributed by atoms with Gasteiger partial charge in [-0.05, 0) is 18.2 Å². The Morgan fingerprint density at radius 3 is 2.24 bits per heavy atom. The lowest BCUT2D eigenvalue weighted by Crippen LogP contribution is -2.42. The Morgan fingerprint density at radius 1 is 0.966 bits per heavy atom. The molecule has 150 valence electrons. The minimum Gasteiger partial charge on any atom is -0.479 e. The Balaban J connectivity index is 0.000000248. The molecule has 0 saturated carbocycles. The second-order valence-electron chi connectivity index (χ2n) is 5.69. The van der Waals surface area contributed by atoms with Crippen molar-refractivity contribution in [1.82, 2.24) is 4.98 Å². The van der Waals surface area contributed by atoms with Gasteiger partial charge in [0.2, 0.25) is 0 Å². The van der Waals surface area contributed by atoms with E-state index in [1.54, 1.807) is 0 Å². The monoisotopic (exact) mass is 399 g/mol. The normalized spacial score (nSPS) is 12.2. The molecule has 0 fully saturated rings. The maximum absolute atomic E-state index is 11.4. The number of aliphatic hydroxyl groups excluding tert-OH is 2. The number of benzene rings is 2. The minimum atomic E-state index is -2.32. The Kier molecular flexibility index (Phi) is 7.29. The molecule has 0 aliphatic heterocycles. The SMILES string of the molecule is O=C(O)C(O)C(O)C(=O)Nc1ccccc1[N+](=O)[O-].c1ccc2ncccc2c1. The van der Waals surface area contributed by atoms with Crippen LogP contribution in [-0.4, -0.2) is 49.3 Å². The molecular formula is C19H17N3O7. The van der Waals surface area contributed by atoms with E-state index >= 15 is 0 Å². The highest BCUT2D eigenvalue weighted by Crippen LogP contribution is 2.23. The van der Waals surface area contributed by atoms with Gasteiger partial charge in [0, 0.05) is 17.6 Å². The molecule has 0 radical (unpaired) electrons. The average Bonchev–Trinajstić information content (AvgIpc) is 2.73. The predicted octanol–water partition coefficient (Wildman–Crippen LogP) is 1.57. The molecule has 0 aliphatic rings. The highest BCUT2D eigenvalue weighted by Gasteiger charge is 2.31. The van der Waals surface area contributed by atoms with Gasteiger partial charge in [-0.2, -0.15) is 0 Å². The quantitative estimate of drug-likeness (QED) is 0.371. The van der Waals surface area contributed by atoms with Crippen molar-refractivity contribution in [2.75, 3.05) is 5.32 Å². The van der Waals surface area contributed by atoms with Crippen LogP contribution in [0.1, 0.15) is 0 Å². The molecule has 0 bridgehead atoms. The number of carbonyl (C=O) groups excluding carboxylic acids is 1. The van der Waals surface area contributed by atoms with E-state index in [9.17, 15) is 24.8 Å². The molecule has 2 atom stereocenters. The Labute approximate surface area is 164 Å². The van der Waals surface area contributed by atoms with Crippen LogP contribution in [0.2, 0.25) is 0 Å². The third-order valence-corrected chi connectivity index (χ3v) is 3.69. The molecule has 0 spiro atoms. The Hall–Kier alpha value is -3.89. The standard InChI is InChI=1S/C10H10N2O7.C9H7N/c13-7(8(14)10(16)17)9(15)11-5-3-1-2-4-6(5)12(18)19;1-2-6-9-8(4-1)5-3-7-10-9/h1-4,7-8,13-14H,(H,11,15)(H,16,17);1-7H. The van der Waals surface area contributed by atoms with Crippen LogP contribution in [0.4, 0.5) is 11.4 Å². The summed E-state index contributed by atoms with van der Waals surface area (Å²) in [6, 6.07) is 17.2. The summed E-state index contributed by atoms with van der Waals surface area (Å²) in [6.45, 7) is 0. The molecular weight excluding hydrogens is 382 g/mol. The van der Waals surface area contributed by atoms with Gasteiger partial charge in [0.05, 0.1) is 10.4 Å². The topological polar surface area (TPSA) is 163 Å². The summed E-state index contributed by atoms with van der Waals surface area (Å²) < 4.78 is 0. The zero-order valence-electron chi connectivity index (χ0n) is 14.9. The van der Waals surface area contributed by atoms with Crippen LogP contribution in [0.3, 0.4) is 0 Å². The molecule has 2 unspecified atom stereocenters. The number of pyridine rings is 1. The molecule has 3 aromatic rings. The van der Waals surface area contributed by atoms with Gasteiger partial charge in [-0.25, -0.2) is 4.79 Å². The second-order valence-corrected chi connectivity index (χ2v) is 5.69. The first kappa shape index (κ1) is 21.4. The number of amides is 1. The third-order valence-electron chi connectivity index (χ3n) is 3.69. The fraction of sp³-hybridized carbons (Fsp3) is 0.105. The number of anilines is 1. The van der Waals surface area contributed by atoms with Crippen LogP contribution in [0.15, 0.2) is 66.9 Å². The van der Waals surface area contributed by atoms with Crippen molar-refractivity contribution in [2.24, 2.45) is 0 Å². The number of hydrogen-bond donors (Lipinski definition) is 4. The van der Waals surface area contributed by atoms with Gasteiger partial charge in [-0.15, -0.1) is 0 Å². The Morgan fingerprint density at radius 2 is 1.59 bits per heavy atom. The van der Waals surface area contributed by atoms with Crippen molar-refractivity contribution < 1.29 is 29.8 Å². The number of fused-ring (bicyclic) bond motifs is 1. The van der Waals surface area contributed by atoms with E-state index < -0.39 is 34.7 Å². The number of nitrogens with zero attached hydrogens (tertiary/aromatic N) is 2. The van der Waals surface area contributed by atoms with Crippen molar-refractivity contribution >= 4 is 34.2 Å². The summed E-state index contributed by atoms with van der Waals surface area (Å²) in [6.07, 6.45) is -2.75. The van der Waals surface area contributed by atoms with Gasteiger partial charge < -0.3 is 20.6 Å². The molecule has 29 heavy (non-hydrogen) atoms. The molecule has 0 saturated heterocycles. The van der Waals surface area contributed by atoms with E-state index in [1.165, 1.54) is 23.6 Å². The number of para-hydroxylation sites is 3. The first-order valence-electron chi connectivity index (χ1n) is 8.24. The number of carboxylic acid groups (broad SMARTS) is 1. The average molecular weight is 399 g/mol. The number of aliphatic hydroxyl groups is 2. The molecule has 10 nitrogen and oxygen atoms in total. The zero-order valence-corrected chi connectivity index (χ0v) is 14.9. The van der Waals surface area contributed by atoms with Crippen LogP contribution >= 0.6 is 0 Å². The lowest BCUT2D eigenvalue weighted by molar-refractivity contribution is -0.383. The van der Waals surface area contributed by atoms with Crippen LogP contribution in [0.5, 0.6) is 0 Å². The van der Waals surface area contributed by atoms with Gasteiger partial charge in [0.1, 0.15) is 5.69 Å². The van der Waals surface area contributed by atoms with Gasteiger partial charge in [0.15, 0.2) is 12.2 Å². The second kappa shape index (κ2) is 9.88. The van der Waals surface area contributed by atoms with Crippen molar-refractivity contribution in [3.05, 3.63) is 77.0 Å².